The molecule has 0 aliphatic carbocycles. The number of nitrogens with one attached hydrogen (secondary N) is 1. The molecule has 6 nitrogen and oxygen atoms in total. The lowest BCUT2D eigenvalue weighted by molar-refractivity contribution is -0.384. The molecule has 1 atom stereocenters. The molecule has 0 spiro atoms. The molecule has 1 aliphatic heterocycles. The van der Waals surface area contributed by atoms with E-state index in [4.69, 9.17) is 0 Å². The molecule has 114 valence electrons. The number of non-ortho nitro benzene ring substituents is 1. The summed E-state index contributed by atoms with van der Waals surface area (Å²) in [7, 11) is 0. The molecule has 9 heteroatoms. The first-order valence-electron chi connectivity index (χ1n) is 6.10. The minimum absolute atomic E-state index is 0.0347. The zero-order valence-corrected chi connectivity index (χ0v) is 10.8. The van der Waals surface area contributed by atoms with Gasteiger partial charge in [0, 0.05) is 30.8 Å². The Morgan fingerprint density at radius 1 is 1.33 bits per heavy atom. The van der Waals surface area contributed by atoms with E-state index in [9.17, 15) is 28.1 Å². The van der Waals surface area contributed by atoms with Crippen molar-refractivity contribution in [3.63, 3.8) is 0 Å². The van der Waals surface area contributed by atoms with Gasteiger partial charge in [0.25, 0.3) is 5.69 Å². The van der Waals surface area contributed by atoms with Crippen molar-refractivity contribution in [3.05, 3.63) is 34.4 Å². The van der Waals surface area contributed by atoms with Gasteiger partial charge in [0.2, 0.25) is 5.91 Å². The Balaban J connectivity index is 1.95. The number of anilines is 1. The van der Waals surface area contributed by atoms with Crippen molar-refractivity contribution in [2.75, 3.05) is 18.4 Å². The van der Waals surface area contributed by atoms with Crippen LogP contribution in [0.25, 0.3) is 0 Å². The molecule has 21 heavy (non-hydrogen) atoms. The molecule has 0 saturated carbocycles. The number of nitro benzene ring substituents is 1. The molecule has 1 saturated heterocycles. The molecule has 1 aliphatic rings. The molecule has 0 unspecified atom stereocenters. The molecule has 1 aromatic carbocycles. The second kappa shape index (κ2) is 5.58. The van der Waals surface area contributed by atoms with Gasteiger partial charge in [0.1, 0.15) is 6.54 Å². The fourth-order valence-electron chi connectivity index (χ4n) is 2.15. The van der Waals surface area contributed by atoms with Crippen LogP contribution >= 0.6 is 0 Å². The molecule has 1 heterocycles. The molecule has 1 aromatic rings. The number of nitrogens with zero attached hydrogens (tertiary/aromatic N) is 2. The lowest BCUT2D eigenvalue weighted by atomic mass is 10.2. The van der Waals surface area contributed by atoms with Crippen LogP contribution in [-0.2, 0) is 4.79 Å². The van der Waals surface area contributed by atoms with Crippen LogP contribution in [0.5, 0.6) is 0 Å². The van der Waals surface area contributed by atoms with Crippen molar-refractivity contribution in [1.82, 2.24) is 4.90 Å². The molecule has 1 fully saturated rings. The Kier molecular flexibility index (Phi) is 4.01. The molecule has 1 N–H and O–H groups in total. The molecular weight excluding hydrogens is 291 g/mol. The van der Waals surface area contributed by atoms with Gasteiger partial charge in [0.05, 0.1) is 11.0 Å². The number of likely N-dealkylation sites (tertiary alicyclic amines) is 1. The van der Waals surface area contributed by atoms with Crippen LogP contribution in [0.15, 0.2) is 24.3 Å². The number of nitro groups is 1. The summed E-state index contributed by atoms with van der Waals surface area (Å²) >= 11 is 0. The topological polar surface area (TPSA) is 75.5 Å². The summed E-state index contributed by atoms with van der Waals surface area (Å²) in [4.78, 5) is 22.2. The largest absolute Gasteiger partial charge is 0.406 e. The fraction of sp³-hybridized carbons (Fsp3) is 0.417. The molecule has 2 rings (SSSR count). The van der Waals surface area contributed by atoms with Gasteiger partial charge in [-0.3, -0.25) is 14.9 Å². The lowest BCUT2D eigenvalue weighted by Gasteiger charge is -2.19. The maximum absolute atomic E-state index is 12.3. The monoisotopic (exact) mass is 303 g/mol. The van der Waals surface area contributed by atoms with E-state index in [0.29, 0.717) is 5.69 Å². The van der Waals surface area contributed by atoms with Crippen molar-refractivity contribution in [1.29, 1.82) is 0 Å². The summed E-state index contributed by atoms with van der Waals surface area (Å²) < 4.78 is 36.8. The minimum Gasteiger partial charge on any atom is -0.380 e. The minimum atomic E-state index is -4.42. The highest BCUT2D eigenvalue weighted by atomic mass is 19.4. The van der Waals surface area contributed by atoms with Gasteiger partial charge in [-0.1, -0.05) is 0 Å². The third-order valence-corrected chi connectivity index (χ3v) is 3.03. The van der Waals surface area contributed by atoms with E-state index in [2.05, 4.69) is 5.32 Å². The number of rotatable bonds is 4. The van der Waals surface area contributed by atoms with E-state index < -0.39 is 29.6 Å². The Labute approximate surface area is 117 Å². The normalized spacial score (nSPS) is 18.9. The lowest BCUT2D eigenvalue weighted by Crippen LogP contribution is -2.36. The number of benzene rings is 1. The number of hydrogen-bond acceptors (Lipinski definition) is 4. The maximum Gasteiger partial charge on any atom is 0.406 e. The molecule has 0 radical (unpaired) electrons. The third-order valence-electron chi connectivity index (χ3n) is 3.03. The van der Waals surface area contributed by atoms with Crippen LogP contribution in [0.1, 0.15) is 6.42 Å². The van der Waals surface area contributed by atoms with Gasteiger partial charge in [-0.15, -0.1) is 0 Å². The second-order valence-electron chi connectivity index (χ2n) is 4.74. The predicted molar refractivity (Wildman–Crippen MR) is 67.8 cm³/mol. The van der Waals surface area contributed by atoms with E-state index in [0.717, 1.165) is 4.90 Å². The summed E-state index contributed by atoms with van der Waals surface area (Å²) in [5.41, 5.74) is 0.439. The summed E-state index contributed by atoms with van der Waals surface area (Å²) in [5.74, 6) is -0.563. The van der Waals surface area contributed by atoms with Crippen molar-refractivity contribution >= 4 is 17.3 Å². The Hall–Kier alpha value is -2.32. The average molecular weight is 303 g/mol. The third kappa shape index (κ3) is 4.07. The van der Waals surface area contributed by atoms with Gasteiger partial charge < -0.3 is 10.2 Å². The second-order valence-corrected chi connectivity index (χ2v) is 4.74. The van der Waals surface area contributed by atoms with Gasteiger partial charge >= 0.3 is 6.18 Å². The maximum atomic E-state index is 12.3. The highest BCUT2D eigenvalue weighted by Gasteiger charge is 2.38. The van der Waals surface area contributed by atoms with Crippen molar-refractivity contribution < 1.29 is 22.9 Å². The zero-order chi connectivity index (χ0) is 15.6. The molecule has 0 bridgehead atoms. The number of amides is 1. The quantitative estimate of drug-likeness (QED) is 0.683. The van der Waals surface area contributed by atoms with Crippen LogP contribution in [0, 0.1) is 10.1 Å². The first-order chi connectivity index (χ1) is 9.74. The van der Waals surface area contributed by atoms with Crippen molar-refractivity contribution in [2.24, 2.45) is 0 Å². The Bertz CT molecular complexity index is 545. The Morgan fingerprint density at radius 2 is 1.95 bits per heavy atom. The van der Waals surface area contributed by atoms with Gasteiger partial charge in [-0.05, 0) is 12.1 Å². The zero-order valence-electron chi connectivity index (χ0n) is 10.8. The summed E-state index contributed by atoms with van der Waals surface area (Å²) in [6.07, 6.45) is -4.45. The van der Waals surface area contributed by atoms with Crippen molar-refractivity contribution in [2.45, 2.75) is 18.6 Å². The van der Waals surface area contributed by atoms with Crippen LogP contribution < -0.4 is 5.32 Å². The number of alkyl halides is 3. The summed E-state index contributed by atoms with van der Waals surface area (Å²) in [6, 6.07) is 5.03. The smallest absolute Gasteiger partial charge is 0.380 e. The standard InChI is InChI=1S/C12H12F3N3O3/c13-12(14,15)7-17-6-9(5-11(17)19)16-8-1-3-10(4-2-8)18(20)21/h1-4,9,16H,5-7H2/t9-/m1/s1. The number of carbonyl (C=O) groups excluding carboxylic acids is 1. The highest BCUT2D eigenvalue weighted by molar-refractivity contribution is 5.80. The van der Waals surface area contributed by atoms with E-state index >= 15 is 0 Å². The van der Waals surface area contributed by atoms with Gasteiger partial charge in [-0.25, -0.2) is 0 Å². The predicted octanol–water partition coefficient (Wildman–Crippen LogP) is 2.17. The average Bonchev–Trinajstić information content (AvgIpc) is 2.68. The highest BCUT2D eigenvalue weighted by Crippen LogP contribution is 2.23. The first kappa shape index (κ1) is 15.1. The SMILES string of the molecule is O=C1C[C@@H](Nc2ccc([N+](=O)[O-])cc2)CN1CC(F)(F)F. The first-order valence-corrected chi connectivity index (χ1v) is 6.10. The van der Waals surface area contributed by atoms with E-state index in [1.807, 2.05) is 0 Å². The van der Waals surface area contributed by atoms with Crippen LogP contribution in [0.3, 0.4) is 0 Å². The number of halogens is 3. The molecule has 0 aromatic heterocycles. The number of hydrogen-bond donors (Lipinski definition) is 1. The summed E-state index contributed by atoms with van der Waals surface area (Å²) in [6.45, 7) is -1.31. The van der Waals surface area contributed by atoms with Crippen molar-refractivity contribution in [3.8, 4) is 0 Å². The van der Waals surface area contributed by atoms with Gasteiger partial charge in [-0.2, -0.15) is 13.2 Å². The molecular formula is C12H12F3N3O3. The Morgan fingerprint density at radius 3 is 2.48 bits per heavy atom. The summed E-state index contributed by atoms with van der Waals surface area (Å²) in [5, 5.41) is 13.4. The van der Waals surface area contributed by atoms with E-state index in [1.165, 1.54) is 24.3 Å². The number of carbonyl (C=O) groups is 1. The molecule has 1 amide bonds. The van der Waals surface area contributed by atoms with Gasteiger partial charge in [0.15, 0.2) is 0 Å². The van der Waals surface area contributed by atoms with E-state index in [1.54, 1.807) is 0 Å². The van der Waals surface area contributed by atoms with Crippen LogP contribution in [-0.4, -0.2) is 41.0 Å². The van der Waals surface area contributed by atoms with Crippen LogP contribution in [0.4, 0.5) is 24.5 Å². The fourth-order valence-corrected chi connectivity index (χ4v) is 2.15. The van der Waals surface area contributed by atoms with Crippen LogP contribution in [0.2, 0.25) is 0 Å². The van der Waals surface area contributed by atoms with E-state index in [-0.39, 0.29) is 18.7 Å².